The van der Waals surface area contributed by atoms with Gasteiger partial charge < -0.3 is 5.32 Å². The number of nitrogens with zero attached hydrogens (tertiary/aromatic N) is 2. The Morgan fingerprint density at radius 1 is 1.05 bits per heavy atom. The van der Waals surface area contributed by atoms with Crippen molar-refractivity contribution in [3.63, 3.8) is 0 Å². The third-order valence-electron chi connectivity index (χ3n) is 2.98. The Labute approximate surface area is 117 Å². The fourth-order valence-electron chi connectivity index (χ4n) is 1.89. The van der Waals surface area contributed by atoms with Gasteiger partial charge in [-0.05, 0) is 12.5 Å². The molecular formula is C13H19N3O4. The summed E-state index contributed by atoms with van der Waals surface area (Å²) in [6.07, 6.45) is 5.51. The van der Waals surface area contributed by atoms with Crippen molar-refractivity contribution in [3.05, 3.63) is 38.4 Å². The molecule has 0 aliphatic rings. The first-order valence-corrected chi connectivity index (χ1v) is 6.73. The Morgan fingerprint density at radius 3 is 2.35 bits per heavy atom. The molecule has 1 N–H and O–H groups in total. The van der Waals surface area contributed by atoms with Crippen LogP contribution in [-0.2, 0) is 0 Å². The number of nitro groups is 2. The van der Waals surface area contributed by atoms with Gasteiger partial charge in [0.05, 0.1) is 15.9 Å². The predicted octanol–water partition coefficient (Wildman–Crippen LogP) is 3.89. The minimum atomic E-state index is -0.637. The molecule has 0 aliphatic carbocycles. The van der Waals surface area contributed by atoms with E-state index >= 15 is 0 Å². The number of unbranched alkanes of at least 4 members (excludes halogenated alkanes) is 4. The average Bonchev–Trinajstić information content (AvgIpc) is 2.42. The molecule has 0 heterocycles. The number of nitrogens with one attached hydrogen (secondary N) is 1. The molecule has 1 aromatic rings. The molecule has 0 aliphatic heterocycles. The molecule has 0 aromatic heterocycles. The predicted molar refractivity (Wildman–Crippen MR) is 77.0 cm³/mol. The van der Waals surface area contributed by atoms with Gasteiger partial charge in [0.25, 0.3) is 11.4 Å². The van der Waals surface area contributed by atoms with E-state index in [2.05, 4.69) is 12.2 Å². The van der Waals surface area contributed by atoms with E-state index in [1.165, 1.54) is 25.0 Å². The van der Waals surface area contributed by atoms with Gasteiger partial charge in [-0.2, -0.15) is 0 Å². The molecule has 0 saturated carbocycles. The SMILES string of the molecule is CCCCCCCNc1ccc([N+](=O)[O-])cc1[N+](=O)[O-]. The highest BCUT2D eigenvalue weighted by molar-refractivity contribution is 5.65. The maximum Gasteiger partial charge on any atom is 0.299 e. The number of hydrogen-bond acceptors (Lipinski definition) is 5. The summed E-state index contributed by atoms with van der Waals surface area (Å²) in [7, 11) is 0. The molecule has 0 bridgehead atoms. The van der Waals surface area contributed by atoms with E-state index in [1.807, 2.05) is 0 Å². The molecule has 0 atom stereocenters. The summed E-state index contributed by atoms with van der Waals surface area (Å²) >= 11 is 0. The molecule has 110 valence electrons. The second kappa shape index (κ2) is 8.08. The number of non-ortho nitro benzene ring substituents is 1. The van der Waals surface area contributed by atoms with Crippen molar-refractivity contribution in [2.75, 3.05) is 11.9 Å². The zero-order chi connectivity index (χ0) is 15.0. The summed E-state index contributed by atoms with van der Waals surface area (Å²) in [5, 5.41) is 24.5. The maximum absolute atomic E-state index is 10.9. The molecule has 1 rings (SSSR count). The lowest BCUT2D eigenvalue weighted by molar-refractivity contribution is -0.393. The fourth-order valence-corrected chi connectivity index (χ4v) is 1.89. The minimum Gasteiger partial charge on any atom is -0.379 e. The highest BCUT2D eigenvalue weighted by Gasteiger charge is 2.18. The Morgan fingerprint density at radius 2 is 1.75 bits per heavy atom. The molecule has 0 fully saturated rings. The molecular weight excluding hydrogens is 262 g/mol. The lowest BCUT2D eigenvalue weighted by Gasteiger charge is -2.06. The third-order valence-corrected chi connectivity index (χ3v) is 2.98. The van der Waals surface area contributed by atoms with E-state index in [0.29, 0.717) is 12.2 Å². The molecule has 0 unspecified atom stereocenters. The molecule has 0 radical (unpaired) electrons. The summed E-state index contributed by atoms with van der Waals surface area (Å²) in [4.78, 5) is 20.3. The topological polar surface area (TPSA) is 98.3 Å². The first kappa shape index (κ1) is 15.9. The van der Waals surface area contributed by atoms with Crippen LogP contribution in [0.15, 0.2) is 18.2 Å². The zero-order valence-corrected chi connectivity index (χ0v) is 11.5. The van der Waals surface area contributed by atoms with Crippen molar-refractivity contribution in [1.82, 2.24) is 0 Å². The Kier molecular flexibility index (Phi) is 6.42. The number of anilines is 1. The van der Waals surface area contributed by atoms with Crippen molar-refractivity contribution in [2.45, 2.75) is 39.0 Å². The number of benzene rings is 1. The Bertz CT molecular complexity index is 477. The van der Waals surface area contributed by atoms with Gasteiger partial charge in [-0.1, -0.05) is 32.6 Å². The quantitative estimate of drug-likeness (QED) is 0.420. The van der Waals surface area contributed by atoms with E-state index in [9.17, 15) is 20.2 Å². The van der Waals surface area contributed by atoms with Crippen LogP contribution in [0.1, 0.15) is 39.0 Å². The summed E-state index contributed by atoms with van der Waals surface area (Å²) in [6.45, 7) is 2.76. The molecule has 7 nitrogen and oxygen atoms in total. The standard InChI is InChI=1S/C13H19N3O4/c1-2-3-4-5-6-9-14-12-8-7-11(15(17)18)10-13(12)16(19)20/h7-8,10,14H,2-6,9H2,1H3. The van der Waals surface area contributed by atoms with Crippen molar-refractivity contribution in [1.29, 1.82) is 0 Å². The summed E-state index contributed by atoms with van der Waals surface area (Å²) in [6, 6.07) is 3.65. The molecule has 20 heavy (non-hydrogen) atoms. The van der Waals surface area contributed by atoms with Gasteiger partial charge in [0.2, 0.25) is 0 Å². The van der Waals surface area contributed by atoms with Gasteiger partial charge in [-0.25, -0.2) is 0 Å². The summed E-state index contributed by atoms with van der Waals surface area (Å²) in [5.41, 5.74) is -0.200. The van der Waals surface area contributed by atoms with E-state index in [-0.39, 0.29) is 11.4 Å². The zero-order valence-electron chi connectivity index (χ0n) is 11.5. The van der Waals surface area contributed by atoms with Crippen LogP contribution in [0.25, 0.3) is 0 Å². The minimum absolute atomic E-state index is 0.257. The monoisotopic (exact) mass is 281 g/mol. The van der Waals surface area contributed by atoms with Gasteiger partial charge >= 0.3 is 0 Å². The van der Waals surface area contributed by atoms with Crippen LogP contribution in [0.3, 0.4) is 0 Å². The van der Waals surface area contributed by atoms with Gasteiger partial charge in [-0.15, -0.1) is 0 Å². The molecule has 1 aromatic carbocycles. The van der Waals surface area contributed by atoms with Crippen molar-refractivity contribution in [2.24, 2.45) is 0 Å². The highest BCUT2D eigenvalue weighted by Crippen LogP contribution is 2.28. The van der Waals surface area contributed by atoms with Crippen LogP contribution in [0.5, 0.6) is 0 Å². The lowest BCUT2D eigenvalue weighted by Crippen LogP contribution is -2.04. The Balaban J connectivity index is 2.60. The van der Waals surface area contributed by atoms with Gasteiger partial charge in [0.15, 0.2) is 0 Å². The van der Waals surface area contributed by atoms with E-state index < -0.39 is 9.85 Å². The van der Waals surface area contributed by atoms with Crippen molar-refractivity contribution >= 4 is 17.1 Å². The summed E-state index contributed by atoms with van der Waals surface area (Å²) in [5.74, 6) is 0. The number of nitro benzene ring substituents is 2. The van der Waals surface area contributed by atoms with Gasteiger partial charge in [-0.3, -0.25) is 20.2 Å². The number of hydrogen-bond donors (Lipinski definition) is 1. The normalized spacial score (nSPS) is 10.2. The van der Waals surface area contributed by atoms with Gasteiger partial charge in [0.1, 0.15) is 5.69 Å². The van der Waals surface area contributed by atoms with Crippen LogP contribution >= 0.6 is 0 Å². The Hall–Kier alpha value is -2.18. The largest absolute Gasteiger partial charge is 0.379 e. The third kappa shape index (κ3) is 4.83. The number of rotatable bonds is 9. The van der Waals surface area contributed by atoms with E-state index in [1.54, 1.807) is 0 Å². The van der Waals surface area contributed by atoms with Crippen molar-refractivity contribution < 1.29 is 9.85 Å². The first-order valence-electron chi connectivity index (χ1n) is 6.73. The van der Waals surface area contributed by atoms with Crippen molar-refractivity contribution in [3.8, 4) is 0 Å². The lowest BCUT2D eigenvalue weighted by atomic mass is 10.1. The van der Waals surface area contributed by atoms with Crippen LogP contribution < -0.4 is 5.32 Å². The second-order valence-corrected chi connectivity index (χ2v) is 4.56. The fraction of sp³-hybridized carbons (Fsp3) is 0.538. The molecule has 0 spiro atoms. The van der Waals surface area contributed by atoms with E-state index in [4.69, 9.17) is 0 Å². The summed E-state index contributed by atoms with van der Waals surface area (Å²) < 4.78 is 0. The average molecular weight is 281 g/mol. The molecule has 0 amide bonds. The molecule has 7 heteroatoms. The smallest absolute Gasteiger partial charge is 0.299 e. The van der Waals surface area contributed by atoms with Crippen LogP contribution in [0, 0.1) is 20.2 Å². The van der Waals surface area contributed by atoms with Crippen LogP contribution in [0.4, 0.5) is 17.1 Å². The molecule has 0 saturated heterocycles. The van der Waals surface area contributed by atoms with E-state index in [0.717, 1.165) is 25.3 Å². The maximum atomic E-state index is 10.9. The van der Waals surface area contributed by atoms with Crippen LogP contribution in [-0.4, -0.2) is 16.4 Å². The first-order chi connectivity index (χ1) is 9.56. The van der Waals surface area contributed by atoms with Gasteiger partial charge in [0, 0.05) is 12.6 Å². The highest BCUT2D eigenvalue weighted by atomic mass is 16.6. The second-order valence-electron chi connectivity index (χ2n) is 4.56. The van der Waals surface area contributed by atoms with Crippen LogP contribution in [0.2, 0.25) is 0 Å².